The number of H-pyrrole nitrogens is 1. The number of nitrogens with zero attached hydrogens (tertiary/aromatic N) is 1. The van der Waals surface area contributed by atoms with Gasteiger partial charge < -0.3 is 10.3 Å². The molecule has 0 radical (unpaired) electrons. The predicted molar refractivity (Wildman–Crippen MR) is 67.3 cm³/mol. The normalized spacial score (nSPS) is 18.6. The highest BCUT2D eigenvalue weighted by Crippen LogP contribution is 2.13. The van der Waals surface area contributed by atoms with Crippen molar-refractivity contribution in [3.8, 4) is 0 Å². The highest BCUT2D eigenvalue weighted by atomic mass is 15.1. The van der Waals surface area contributed by atoms with Gasteiger partial charge in [-0.15, -0.1) is 0 Å². The minimum Gasteiger partial charge on any atom is -0.360 e. The Morgan fingerprint density at radius 1 is 1.12 bits per heavy atom. The molecule has 0 spiro atoms. The summed E-state index contributed by atoms with van der Waals surface area (Å²) in [5, 5.41) is 3.17. The Hall–Kier alpha value is -0.800. The average molecular weight is 221 g/mol. The van der Waals surface area contributed by atoms with Gasteiger partial charge in [0.1, 0.15) is 0 Å². The average Bonchev–Trinajstić information content (AvgIpc) is 2.56. The standard InChI is InChI=1S/C13H23N3/c1-14-10-12-6-7-13(15-12)11-16-8-4-2-3-5-9-16/h6-7,14-15H,2-5,8-11H2,1H3. The molecule has 0 atom stereocenters. The molecule has 1 saturated heterocycles. The first-order chi connectivity index (χ1) is 7.88. The van der Waals surface area contributed by atoms with Crippen molar-refractivity contribution in [3.63, 3.8) is 0 Å². The van der Waals surface area contributed by atoms with Crippen molar-refractivity contribution in [2.24, 2.45) is 0 Å². The lowest BCUT2D eigenvalue weighted by Gasteiger charge is -2.18. The van der Waals surface area contributed by atoms with Crippen molar-refractivity contribution >= 4 is 0 Å². The van der Waals surface area contributed by atoms with E-state index in [1.807, 2.05) is 7.05 Å². The molecule has 3 nitrogen and oxygen atoms in total. The molecule has 1 aromatic heterocycles. The van der Waals surface area contributed by atoms with Crippen LogP contribution in [0.1, 0.15) is 37.1 Å². The van der Waals surface area contributed by atoms with Gasteiger partial charge in [0.25, 0.3) is 0 Å². The maximum absolute atomic E-state index is 3.48. The van der Waals surface area contributed by atoms with E-state index < -0.39 is 0 Å². The van der Waals surface area contributed by atoms with Crippen molar-refractivity contribution < 1.29 is 0 Å². The zero-order chi connectivity index (χ0) is 11.2. The van der Waals surface area contributed by atoms with Crippen LogP contribution in [0.4, 0.5) is 0 Å². The molecule has 0 aromatic carbocycles. The number of aromatic amines is 1. The van der Waals surface area contributed by atoms with Gasteiger partial charge in [0.05, 0.1) is 0 Å². The molecule has 1 aliphatic heterocycles. The van der Waals surface area contributed by atoms with Crippen LogP contribution in [0, 0.1) is 0 Å². The maximum atomic E-state index is 3.48. The van der Waals surface area contributed by atoms with Crippen LogP contribution in [0.25, 0.3) is 0 Å². The van der Waals surface area contributed by atoms with E-state index in [0.717, 1.165) is 13.1 Å². The minimum absolute atomic E-state index is 0.931. The fourth-order valence-corrected chi connectivity index (χ4v) is 2.41. The number of aromatic nitrogens is 1. The highest BCUT2D eigenvalue weighted by molar-refractivity contribution is 5.12. The predicted octanol–water partition coefficient (Wildman–Crippen LogP) is 2.11. The summed E-state index contributed by atoms with van der Waals surface area (Å²) >= 11 is 0. The lowest BCUT2D eigenvalue weighted by molar-refractivity contribution is 0.274. The van der Waals surface area contributed by atoms with Gasteiger partial charge in [-0.1, -0.05) is 12.8 Å². The van der Waals surface area contributed by atoms with Gasteiger partial charge in [0.15, 0.2) is 0 Å². The summed E-state index contributed by atoms with van der Waals surface area (Å²) in [5.74, 6) is 0. The van der Waals surface area contributed by atoms with Crippen molar-refractivity contribution in [1.82, 2.24) is 15.2 Å². The Morgan fingerprint density at radius 3 is 2.50 bits per heavy atom. The van der Waals surface area contributed by atoms with Crippen molar-refractivity contribution in [1.29, 1.82) is 0 Å². The summed E-state index contributed by atoms with van der Waals surface area (Å²) in [6.45, 7) is 4.55. The fraction of sp³-hybridized carbons (Fsp3) is 0.692. The van der Waals surface area contributed by atoms with E-state index in [1.54, 1.807) is 0 Å². The number of hydrogen-bond acceptors (Lipinski definition) is 2. The van der Waals surface area contributed by atoms with E-state index >= 15 is 0 Å². The van der Waals surface area contributed by atoms with Gasteiger partial charge in [0.2, 0.25) is 0 Å². The van der Waals surface area contributed by atoms with Crippen LogP contribution in [0.5, 0.6) is 0 Å². The summed E-state index contributed by atoms with van der Waals surface area (Å²) in [6.07, 6.45) is 5.55. The third-order valence-corrected chi connectivity index (χ3v) is 3.27. The van der Waals surface area contributed by atoms with Crippen molar-refractivity contribution in [3.05, 3.63) is 23.5 Å². The number of nitrogens with one attached hydrogen (secondary N) is 2. The summed E-state index contributed by atoms with van der Waals surface area (Å²) in [7, 11) is 1.98. The molecule has 3 heteroatoms. The van der Waals surface area contributed by atoms with Gasteiger partial charge in [-0.05, 0) is 45.1 Å². The first kappa shape index (κ1) is 11.7. The molecule has 2 rings (SSSR count). The van der Waals surface area contributed by atoms with Gasteiger partial charge in [-0.2, -0.15) is 0 Å². The summed E-state index contributed by atoms with van der Waals surface area (Å²) in [4.78, 5) is 6.05. The zero-order valence-corrected chi connectivity index (χ0v) is 10.3. The third-order valence-electron chi connectivity index (χ3n) is 3.27. The highest BCUT2D eigenvalue weighted by Gasteiger charge is 2.10. The van der Waals surface area contributed by atoms with Gasteiger partial charge in [0, 0.05) is 24.5 Å². The van der Waals surface area contributed by atoms with Crippen LogP contribution in [-0.4, -0.2) is 30.0 Å². The van der Waals surface area contributed by atoms with Crippen LogP contribution in [0.2, 0.25) is 0 Å². The second-order valence-electron chi connectivity index (χ2n) is 4.73. The largest absolute Gasteiger partial charge is 0.360 e. The summed E-state index contributed by atoms with van der Waals surface area (Å²) in [5.41, 5.74) is 2.64. The van der Waals surface area contributed by atoms with E-state index in [4.69, 9.17) is 0 Å². The van der Waals surface area contributed by atoms with E-state index in [1.165, 1.54) is 50.2 Å². The Labute approximate surface area is 98.2 Å². The van der Waals surface area contributed by atoms with E-state index in [2.05, 4.69) is 27.3 Å². The van der Waals surface area contributed by atoms with Gasteiger partial charge in [-0.25, -0.2) is 0 Å². The van der Waals surface area contributed by atoms with E-state index in [-0.39, 0.29) is 0 Å². The minimum atomic E-state index is 0.931. The quantitative estimate of drug-likeness (QED) is 0.816. The Kier molecular flexibility index (Phi) is 4.43. The van der Waals surface area contributed by atoms with Crippen LogP contribution in [-0.2, 0) is 13.1 Å². The number of rotatable bonds is 4. The third kappa shape index (κ3) is 3.35. The van der Waals surface area contributed by atoms with Gasteiger partial charge in [-0.3, -0.25) is 4.90 Å². The smallest absolute Gasteiger partial charge is 0.0385 e. The fourth-order valence-electron chi connectivity index (χ4n) is 2.41. The zero-order valence-electron chi connectivity index (χ0n) is 10.3. The van der Waals surface area contributed by atoms with Crippen LogP contribution in [0.3, 0.4) is 0 Å². The molecule has 2 heterocycles. The molecule has 0 amide bonds. The molecule has 16 heavy (non-hydrogen) atoms. The second-order valence-corrected chi connectivity index (χ2v) is 4.73. The lowest BCUT2D eigenvalue weighted by Crippen LogP contribution is -2.24. The SMILES string of the molecule is CNCc1ccc(CN2CCCCCC2)[nH]1. The number of hydrogen-bond donors (Lipinski definition) is 2. The molecular formula is C13H23N3. The molecule has 90 valence electrons. The molecule has 1 fully saturated rings. The monoisotopic (exact) mass is 221 g/mol. The molecular weight excluding hydrogens is 198 g/mol. The van der Waals surface area contributed by atoms with E-state index in [0.29, 0.717) is 0 Å². The van der Waals surface area contributed by atoms with Crippen LogP contribution in [0.15, 0.2) is 12.1 Å². The first-order valence-electron chi connectivity index (χ1n) is 6.42. The molecule has 0 aliphatic carbocycles. The van der Waals surface area contributed by atoms with Crippen molar-refractivity contribution in [2.75, 3.05) is 20.1 Å². The summed E-state index contributed by atoms with van der Waals surface area (Å²) in [6, 6.07) is 4.40. The van der Waals surface area contributed by atoms with Gasteiger partial charge >= 0.3 is 0 Å². The molecule has 0 unspecified atom stereocenters. The molecule has 0 saturated carbocycles. The molecule has 1 aliphatic rings. The lowest BCUT2D eigenvalue weighted by atomic mass is 10.2. The summed E-state index contributed by atoms with van der Waals surface area (Å²) < 4.78 is 0. The number of likely N-dealkylation sites (tertiary alicyclic amines) is 1. The van der Waals surface area contributed by atoms with E-state index in [9.17, 15) is 0 Å². The Bertz CT molecular complexity index is 298. The van der Waals surface area contributed by atoms with Crippen LogP contribution >= 0.6 is 0 Å². The molecule has 1 aromatic rings. The first-order valence-corrected chi connectivity index (χ1v) is 6.42. The Morgan fingerprint density at radius 2 is 1.81 bits per heavy atom. The molecule has 0 bridgehead atoms. The Balaban J connectivity index is 1.86. The maximum Gasteiger partial charge on any atom is 0.0385 e. The molecule has 2 N–H and O–H groups in total. The topological polar surface area (TPSA) is 31.1 Å². The van der Waals surface area contributed by atoms with Crippen LogP contribution < -0.4 is 5.32 Å². The second kappa shape index (κ2) is 6.06. The van der Waals surface area contributed by atoms with Crippen molar-refractivity contribution in [2.45, 2.75) is 38.8 Å².